The molecule has 0 aliphatic rings. The SMILES string of the molecule is O=C(Oc1ccc(-n2cnnn2)cc1)c1ccc(OC(F)F)cc1. The van der Waals surface area contributed by atoms with Gasteiger partial charge in [0.25, 0.3) is 0 Å². The molecule has 0 saturated carbocycles. The summed E-state index contributed by atoms with van der Waals surface area (Å²) in [5.41, 5.74) is 0.912. The van der Waals surface area contributed by atoms with E-state index in [-0.39, 0.29) is 11.3 Å². The number of benzene rings is 2. The zero-order chi connectivity index (χ0) is 16.9. The molecule has 3 aromatic rings. The van der Waals surface area contributed by atoms with Crippen LogP contribution in [0.25, 0.3) is 5.69 Å². The molecular weight excluding hydrogens is 322 g/mol. The second-order valence-electron chi connectivity index (χ2n) is 4.54. The Balaban J connectivity index is 1.66. The van der Waals surface area contributed by atoms with Crippen LogP contribution in [0.3, 0.4) is 0 Å². The van der Waals surface area contributed by atoms with Gasteiger partial charge in [-0.2, -0.15) is 8.78 Å². The first-order chi connectivity index (χ1) is 11.6. The first-order valence-corrected chi connectivity index (χ1v) is 6.72. The molecule has 1 heterocycles. The summed E-state index contributed by atoms with van der Waals surface area (Å²) in [5.74, 6) is -0.328. The van der Waals surface area contributed by atoms with Gasteiger partial charge in [0.15, 0.2) is 0 Å². The van der Waals surface area contributed by atoms with E-state index < -0.39 is 12.6 Å². The zero-order valence-corrected chi connectivity index (χ0v) is 12.0. The molecule has 1 aromatic heterocycles. The van der Waals surface area contributed by atoms with Gasteiger partial charge in [0.05, 0.1) is 11.3 Å². The van der Waals surface area contributed by atoms with Crippen LogP contribution in [-0.4, -0.2) is 32.8 Å². The third-order valence-electron chi connectivity index (χ3n) is 2.98. The van der Waals surface area contributed by atoms with Crippen LogP contribution < -0.4 is 9.47 Å². The molecule has 24 heavy (non-hydrogen) atoms. The summed E-state index contributed by atoms with van der Waals surface area (Å²) in [6.45, 7) is -2.92. The summed E-state index contributed by atoms with van der Waals surface area (Å²) in [5, 5.41) is 10.8. The predicted molar refractivity (Wildman–Crippen MR) is 77.2 cm³/mol. The lowest BCUT2D eigenvalue weighted by Crippen LogP contribution is -2.09. The first kappa shape index (κ1) is 15.5. The third kappa shape index (κ3) is 3.69. The van der Waals surface area contributed by atoms with Crippen LogP contribution in [-0.2, 0) is 0 Å². The van der Waals surface area contributed by atoms with E-state index in [0.29, 0.717) is 11.4 Å². The van der Waals surface area contributed by atoms with Crippen LogP contribution in [0, 0.1) is 0 Å². The molecule has 0 bridgehead atoms. The molecule has 0 saturated heterocycles. The Bertz CT molecular complexity index is 806. The van der Waals surface area contributed by atoms with Crippen molar-refractivity contribution in [1.29, 1.82) is 0 Å². The lowest BCUT2D eigenvalue weighted by molar-refractivity contribution is -0.0498. The van der Waals surface area contributed by atoms with Crippen LogP contribution >= 0.6 is 0 Å². The highest BCUT2D eigenvalue weighted by molar-refractivity contribution is 5.91. The number of nitrogens with zero attached hydrogens (tertiary/aromatic N) is 4. The molecule has 0 aliphatic carbocycles. The largest absolute Gasteiger partial charge is 0.435 e. The Morgan fingerprint density at radius 1 is 1.00 bits per heavy atom. The quantitative estimate of drug-likeness (QED) is 0.527. The van der Waals surface area contributed by atoms with Gasteiger partial charge < -0.3 is 9.47 Å². The van der Waals surface area contributed by atoms with Crippen molar-refractivity contribution in [1.82, 2.24) is 20.2 Å². The maximum absolute atomic E-state index is 12.1. The Morgan fingerprint density at radius 3 is 2.25 bits per heavy atom. The molecule has 9 heteroatoms. The number of esters is 1. The fraction of sp³-hybridized carbons (Fsp3) is 0.0667. The minimum absolute atomic E-state index is 0.0349. The van der Waals surface area contributed by atoms with Crippen LogP contribution in [0.1, 0.15) is 10.4 Å². The number of tetrazole rings is 1. The Morgan fingerprint density at radius 2 is 1.67 bits per heavy atom. The summed E-state index contributed by atoms with van der Waals surface area (Å²) in [4.78, 5) is 12.0. The highest BCUT2D eigenvalue weighted by atomic mass is 19.3. The van der Waals surface area contributed by atoms with Crippen LogP contribution in [0.4, 0.5) is 8.78 Å². The number of alkyl halides is 2. The van der Waals surface area contributed by atoms with E-state index >= 15 is 0 Å². The predicted octanol–water partition coefficient (Wildman–Crippen LogP) is 2.48. The van der Waals surface area contributed by atoms with Crippen molar-refractivity contribution in [2.75, 3.05) is 0 Å². The fourth-order valence-corrected chi connectivity index (χ4v) is 1.88. The van der Waals surface area contributed by atoms with Gasteiger partial charge in [-0.1, -0.05) is 0 Å². The van der Waals surface area contributed by atoms with Crippen molar-refractivity contribution in [3.8, 4) is 17.2 Å². The maximum Gasteiger partial charge on any atom is 0.387 e. The number of hydrogen-bond acceptors (Lipinski definition) is 6. The number of rotatable bonds is 5. The molecule has 0 radical (unpaired) electrons. The molecule has 0 fully saturated rings. The van der Waals surface area contributed by atoms with E-state index in [1.54, 1.807) is 24.3 Å². The van der Waals surface area contributed by atoms with Gasteiger partial charge in [0.2, 0.25) is 0 Å². The van der Waals surface area contributed by atoms with E-state index in [1.807, 2.05) is 0 Å². The molecule has 122 valence electrons. The molecule has 0 atom stereocenters. The van der Waals surface area contributed by atoms with Crippen LogP contribution in [0.15, 0.2) is 54.9 Å². The van der Waals surface area contributed by atoms with Gasteiger partial charge >= 0.3 is 12.6 Å². The van der Waals surface area contributed by atoms with Gasteiger partial charge in [-0.05, 0) is 59.0 Å². The average molecular weight is 332 g/mol. The highest BCUT2D eigenvalue weighted by Gasteiger charge is 2.10. The maximum atomic E-state index is 12.1. The molecule has 7 nitrogen and oxygen atoms in total. The molecule has 0 aliphatic heterocycles. The lowest BCUT2D eigenvalue weighted by Gasteiger charge is -2.07. The molecule has 0 amide bonds. The van der Waals surface area contributed by atoms with E-state index in [2.05, 4.69) is 20.3 Å². The number of carbonyl (C=O) groups is 1. The van der Waals surface area contributed by atoms with Crippen molar-refractivity contribution in [2.45, 2.75) is 6.61 Å². The Hall–Kier alpha value is -3.36. The van der Waals surface area contributed by atoms with Crippen LogP contribution in [0.5, 0.6) is 11.5 Å². The van der Waals surface area contributed by atoms with Gasteiger partial charge in [-0.3, -0.25) is 0 Å². The first-order valence-electron chi connectivity index (χ1n) is 6.72. The van der Waals surface area contributed by atoms with Gasteiger partial charge in [-0.15, -0.1) is 5.10 Å². The zero-order valence-electron chi connectivity index (χ0n) is 12.0. The minimum Gasteiger partial charge on any atom is -0.435 e. The molecule has 3 rings (SSSR count). The monoisotopic (exact) mass is 332 g/mol. The van der Waals surface area contributed by atoms with E-state index in [4.69, 9.17) is 4.74 Å². The van der Waals surface area contributed by atoms with Crippen molar-refractivity contribution in [3.63, 3.8) is 0 Å². The molecule has 2 aromatic carbocycles. The summed E-state index contributed by atoms with van der Waals surface area (Å²) in [6, 6.07) is 11.8. The van der Waals surface area contributed by atoms with Crippen molar-refractivity contribution >= 4 is 5.97 Å². The topological polar surface area (TPSA) is 79.1 Å². The average Bonchev–Trinajstić information content (AvgIpc) is 3.10. The summed E-state index contributed by atoms with van der Waals surface area (Å²) in [7, 11) is 0. The van der Waals surface area contributed by atoms with Gasteiger partial charge in [0, 0.05) is 0 Å². The molecule has 0 spiro atoms. The second kappa shape index (κ2) is 6.82. The van der Waals surface area contributed by atoms with Crippen molar-refractivity contribution in [2.24, 2.45) is 0 Å². The molecule has 0 N–H and O–H groups in total. The standard InChI is InChI=1S/C15H10F2N4O3/c16-15(17)24-13-5-1-10(2-6-13)14(22)23-12-7-3-11(4-8-12)21-9-18-19-20-21/h1-9,15H. The highest BCUT2D eigenvalue weighted by Crippen LogP contribution is 2.18. The Labute approximate surface area is 134 Å². The summed E-state index contributed by atoms with van der Waals surface area (Å²) < 4.78 is 35.0. The fourth-order valence-electron chi connectivity index (χ4n) is 1.88. The van der Waals surface area contributed by atoms with Crippen molar-refractivity contribution < 1.29 is 23.0 Å². The summed E-state index contributed by atoms with van der Waals surface area (Å²) >= 11 is 0. The number of ether oxygens (including phenoxy) is 2. The number of aromatic nitrogens is 4. The second-order valence-corrected chi connectivity index (χ2v) is 4.54. The summed E-state index contributed by atoms with van der Waals surface area (Å²) in [6.07, 6.45) is 1.43. The van der Waals surface area contributed by atoms with Gasteiger partial charge in [-0.25, -0.2) is 9.48 Å². The normalized spacial score (nSPS) is 10.6. The van der Waals surface area contributed by atoms with Gasteiger partial charge in [0.1, 0.15) is 17.8 Å². The van der Waals surface area contributed by atoms with Crippen LogP contribution in [0.2, 0.25) is 0 Å². The molecule has 0 unspecified atom stereocenters. The molecular formula is C15H10F2N4O3. The lowest BCUT2D eigenvalue weighted by atomic mass is 10.2. The van der Waals surface area contributed by atoms with E-state index in [0.717, 1.165) is 0 Å². The number of hydrogen-bond donors (Lipinski definition) is 0. The van der Waals surface area contributed by atoms with Crippen molar-refractivity contribution in [3.05, 3.63) is 60.4 Å². The Kier molecular flexibility index (Phi) is 4.41. The van der Waals surface area contributed by atoms with E-state index in [1.165, 1.54) is 35.3 Å². The third-order valence-corrected chi connectivity index (χ3v) is 2.98. The number of halogens is 2. The smallest absolute Gasteiger partial charge is 0.387 e. The van der Waals surface area contributed by atoms with E-state index in [9.17, 15) is 13.6 Å². The number of carbonyl (C=O) groups excluding carboxylic acids is 1. The minimum atomic E-state index is -2.92.